The lowest BCUT2D eigenvalue weighted by atomic mass is 10.1. The average Bonchev–Trinajstić information content (AvgIpc) is 3.36. The number of hydrogen-bond acceptors (Lipinski definition) is 4. The van der Waals surface area contributed by atoms with E-state index in [9.17, 15) is 14.0 Å². The van der Waals surface area contributed by atoms with Gasteiger partial charge in [0.2, 0.25) is 0 Å². The van der Waals surface area contributed by atoms with E-state index in [0.717, 1.165) is 18.5 Å². The van der Waals surface area contributed by atoms with Gasteiger partial charge in [-0.1, -0.05) is 0 Å². The highest BCUT2D eigenvalue weighted by molar-refractivity contribution is 6.06. The monoisotopic (exact) mass is 303 g/mol. The molecule has 0 aliphatic heterocycles. The Morgan fingerprint density at radius 2 is 2.05 bits per heavy atom. The van der Waals surface area contributed by atoms with Crippen molar-refractivity contribution in [1.29, 1.82) is 0 Å². The van der Waals surface area contributed by atoms with Gasteiger partial charge in [0.15, 0.2) is 0 Å². The van der Waals surface area contributed by atoms with E-state index in [4.69, 9.17) is 0 Å². The van der Waals surface area contributed by atoms with Gasteiger partial charge in [0.05, 0.1) is 18.2 Å². The van der Waals surface area contributed by atoms with Gasteiger partial charge >= 0.3 is 6.09 Å². The van der Waals surface area contributed by atoms with Gasteiger partial charge in [0, 0.05) is 17.0 Å². The fourth-order valence-corrected chi connectivity index (χ4v) is 2.22. The number of nitrogens with zero attached hydrogens (tertiary/aromatic N) is 1. The van der Waals surface area contributed by atoms with E-state index < -0.39 is 17.8 Å². The summed E-state index contributed by atoms with van der Waals surface area (Å²) in [5, 5.41) is 0.397. The van der Waals surface area contributed by atoms with Gasteiger partial charge < -0.3 is 4.74 Å². The van der Waals surface area contributed by atoms with Gasteiger partial charge in [-0.25, -0.2) is 14.6 Å². The van der Waals surface area contributed by atoms with E-state index in [-0.39, 0.29) is 5.56 Å². The summed E-state index contributed by atoms with van der Waals surface area (Å²) in [6, 6.07) is 5.75. The fourth-order valence-electron chi connectivity index (χ4n) is 2.22. The minimum atomic E-state index is -0.791. The summed E-state index contributed by atoms with van der Waals surface area (Å²) in [5.74, 6) is -0.664. The Kier molecular flexibility index (Phi) is 3.62. The number of carbonyl (C=O) groups excluding carboxylic acids is 2. The van der Waals surface area contributed by atoms with E-state index in [1.807, 2.05) is 0 Å². The molecular formula is C15H14FN3O3. The molecule has 1 aliphatic carbocycles. The second-order valence-electron chi connectivity index (χ2n) is 5.10. The third-order valence-corrected chi connectivity index (χ3v) is 3.49. The molecule has 1 aromatic heterocycles. The lowest BCUT2D eigenvalue weighted by Crippen LogP contribution is -2.41. The van der Waals surface area contributed by atoms with Gasteiger partial charge in [0.1, 0.15) is 5.82 Å². The van der Waals surface area contributed by atoms with Gasteiger partial charge in [-0.15, -0.1) is 0 Å². The van der Waals surface area contributed by atoms with Crippen LogP contribution < -0.4 is 10.9 Å². The van der Waals surface area contributed by atoms with Crippen molar-refractivity contribution in [1.82, 2.24) is 15.8 Å². The van der Waals surface area contributed by atoms with Gasteiger partial charge in [-0.05, 0) is 37.1 Å². The zero-order valence-corrected chi connectivity index (χ0v) is 11.9. The predicted molar refractivity (Wildman–Crippen MR) is 76.7 cm³/mol. The number of halogens is 1. The molecular weight excluding hydrogens is 289 g/mol. The molecule has 0 unspecified atom stereocenters. The van der Waals surface area contributed by atoms with Crippen LogP contribution in [0.15, 0.2) is 24.3 Å². The smallest absolute Gasteiger partial charge is 0.425 e. The maximum Gasteiger partial charge on any atom is 0.425 e. The molecule has 1 saturated carbocycles. The summed E-state index contributed by atoms with van der Waals surface area (Å²) in [7, 11) is 1.18. The van der Waals surface area contributed by atoms with Crippen molar-refractivity contribution in [2.24, 2.45) is 0 Å². The number of aromatic nitrogens is 1. The van der Waals surface area contributed by atoms with Crippen LogP contribution in [-0.2, 0) is 4.74 Å². The van der Waals surface area contributed by atoms with Crippen LogP contribution in [0.4, 0.5) is 9.18 Å². The van der Waals surface area contributed by atoms with Gasteiger partial charge in [-0.2, -0.15) is 0 Å². The van der Waals surface area contributed by atoms with Crippen molar-refractivity contribution in [3.05, 3.63) is 41.3 Å². The Balaban J connectivity index is 1.99. The van der Waals surface area contributed by atoms with Gasteiger partial charge in [-0.3, -0.25) is 15.2 Å². The normalized spacial score (nSPS) is 13.7. The predicted octanol–water partition coefficient (Wildman–Crippen LogP) is 2.25. The molecule has 1 aliphatic rings. The lowest BCUT2D eigenvalue weighted by molar-refractivity contribution is 0.0922. The number of carbonyl (C=O) groups is 2. The SMILES string of the molecule is COC(=O)NNC(=O)c1cc(C2CC2)nc2ccc(F)cc12. The van der Waals surface area contributed by atoms with Crippen molar-refractivity contribution in [3.8, 4) is 0 Å². The molecule has 2 aromatic rings. The molecule has 3 rings (SSSR count). The molecule has 0 bridgehead atoms. The molecule has 22 heavy (non-hydrogen) atoms. The Labute approximate surface area is 125 Å². The third kappa shape index (κ3) is 2.83. The van der Waals surface area contributed by atoms with Crippen LogP contribution in [0.1, 0.15) is 34.8 Å². The van der Waals surface area contributed by atoms with E-state index in [1.165, 1.54) is 19.2 Å². The topological polar surface area (TPSA) is 80.3 Å². The Hall–Kier alpha value is -2.70. The molecule has 114 valence electrons. The first-order chi connectivity index (χ1) is 10.6. The van der Waals surface area contributed by atoms with Crippen molar-refractivity contribution >= 4 is 22.9 Å². The van der Waals surface area contributed by atoms with Crippen LogP contribution in [0.25, 0.3) is 10.9 Å². The largest absolute Gasteiger partial charge is 0.452 e. The number of amides is 2. The number of methoxy groups -OCH3 is 1. The van der Waals surface area contributed by atoms with Crippen LogP contribution >= 0.6 is 0 Å². The van der Waals surface area contributed by atoms with Crippen LogP contribution in [0.2, 0.25) is 0 Å². The Morgan fingerprint density at radius 3 is 2.73 bits per heavy atom. The summed E-state index contributed by atoms with van der Waals surface area (Å²) < 4.78 is 17.8. The third-order valence-electron chi connectivity index (χ3n) is 3.49. The van der Waals surface area contributed by atoms with E-state index in [1.54, 1.807) is 12.1 Å². The van der Waals surface area contributed by atoms with Crippen molar-refractivity contribution in [3.63, 3.8) is 0 Å². The second-order valence-corrected chi connectivity index (χ2v) is 5.10. The van der Waals surface area contributed by atoms with E-state index in [2.05, 4.69) is 20.6 Å². The highest BCUT2D eigenvalue weighted by atomic mass is 19.1. The molecule has 1 fully saturated rings. The summed E-state index contributed by atoms with van der Waals surface area (Å²) >= 11 is 0. The summed E-state index contributed by atoms with van der Waals surface area (Å²) in [6.07, 6.45) is 1.27. The van der Waals surface area contributed by atoms with Crippen LogP contribution in [-0.4, -0.2) is 24.1 Å². The van der Waals surface area contributed by atoms with Crippen molar-refractivity contribution in [2.75, 3.05) is 7.11 Å². The molecule has 7 heteroatoms. The first-order valence-electron chi connectivity index (χ1n) is 6.83. The van der Waals surface area contributed by atoms with Crippen LogP contribution in [0.3, 0.4) is 0 Å². The number of hydrazine groups is 1. The molecule has 6 nitrogen and oxygen atoms in total. The molecule has 0 radical (unpaired) electrons. The molecule has 1 heterocycles. The highest BCUT2D eigenvalue weighted by Gasteiger charge is 2.27. The summed E-state index contributed by atoms with van der Waals surface area (Å²) in [4.78, 5) is 27.8. The molecule has 2 amide bonds. The molecule has 0 atom stereocenters. The van der Waals surface area contributed by atoms with Crippen LogP contribution in [0.5, 0.6) is 0 Å². The standard InChI is InChI=1S/C15H14FN3O3/c1-22-15(21)19-18-14(20)11-7-13(8-2-3-8)17-12-5-4-9(16)6-10(11)12/h4-8H,2-3H2,1H3,(H,18,20)(H,19,21). The van der Waals surface area contributed by atoms with E-state index in [0.29, 0.717) is 16.8 Å². The minimum Gasteiger partial charge on any atom is -0.452 e. The van der Waals surface area contributed by atoms with Crippen molar-refractivity contribution in [2.45, 2.75) is 18.8 Å². The zero-order chi connectivity index (χ0) is 15.7. The Bertz CT molecular complexity index is 759. The first-order valence-corrected chi connectivity index (χ1v) is 6.83. The number of nitrogens with one attached hydrogen (secondary N) is 2. The van der Waals surface area contributed by atoms with Crippen molar-refractivity contribution < 1.29 is 18.7 Å². The van der Waals surface area contributed by atoms with Crippen LogP contribution in [0, 0.1) is 5.82 Å². The van der Waals surface area contributed by atoms with Gasteiger partial charge in [0.25, 0.3) is 5.91 Å². The summed E-state index contributed by atoms with van der Waals surface area (Å²) in [6.45, 7) is 0. The zero-order valence-electron chi connectivity index (χ0n) is 11.9. The molecule has 1 aromatic carbocycles. The Morgan fingerprint density at radius 1 is 1.27 bits per heavy atom. The molecule has 0 saturated heterocycles. The fraction of sp³-hybridized carbons (Fsp3) is 0.267. The quantitative estimate of drug-likeness (QED) is 0.834. The number of benzene rings is 1. The lowest BCUT2D eigenvalue weighted by Gasteiger charge is -2.10. The number of pyridine rings is 1. The number of fused-ring (bicyclic) bond motifs is 1. The number of rotatable bonds is 2. The second kappa shape index (κ2) is 5.59. The van der Waals surface area contributed by atoms with E-state index >= 15 is 0 Å². The minimum absolute atomic E-state index is 0.266. The first kappa shape index (κ1) is 14.2. The highest BCUT2D eigenvalue weighted by Crippen LogP contribution is 2.40. The number of ether oxygens (including phenoxy) is 1. The number of hydrogen-bond donors (Lipinski definition) is 2. The maximum absolute atomic E-state index is 13.5. The molecule has 2 N–H and O–H groups in total. The summed E-state index contributed by atoms with van der Waals surface area (Å²) in [5.41, 5.74) is 5.96. The maximum atomic E-state index is 13.5. The molecule has 0 spiro atoms. The average molecular weight is 303 g/mol.